The van der Waals surface area contributed by atoms with E-state index in [0.29, 0.717) is 22.8 Å². The van der Waals surface area contributed by atoms with Crippen molar-refractivity contribution in [2.45, 2.75) is 26.3 Å². The smallest absolute Gasteiger partial charge is 0.286 e. The number of hydrogen-bond donors (Lipinski definition) is 2. The van der Waals surface area contributed by atoms with Crippen LogP contribution in [0.1, 0.15) is 44.1 Å². The molecule has 3 rings (SSSR count). The minimum Gasteiger partial charge on any atom is -0.497 e. The van der Waals surface area contributed by atoms with Gasteiger partial charge in [0, 0.05) is 24.2 Å². The van der Waals surface area contributed by atoms with Crippen LogP contribution in [0.25, 0.3) is 0 Å². The first kappa shape index (κ1) is 20.5. The summed E-state index contributed by atoms with van der Waals surface area (Å²) in [5, 5.41) is 14.7. The van der Waals surface area contributed by atoms with Crippen molar-refractivity contribution in [3.05, 3.63) is 69.7 Å². The Labute approximate surface area is 173 Å². The van der Waals surface area contributed by atoms with Crippen molar-refractivity contribution in [2.75, 3.05) is 12.4 Å². The summed E-state index contributed by atoms with van der Waals surface area (Å²) >= 11 is 1.28. The largest absolute Gasteiger partial charge is 0.497 e. The highest BCUT2D eigenvalue weighted by Crippen LogP contribution is 2.16. The second-order valence-corrected chi connectivity index (χ2v) is 7.38. The van der Waals surface area contributed by atoms with Gasteiger partial charge in [-0.1, -0.05) is 36.5 Å². The summed E-state index contributed by atoms with van der Waals surface area (Å²) in [6, 6.07) is 14.3. The molecule has 2 aromatic carbocycles. The Morgan fingerprint density at radius 1 is 1.07 bits per heavy atom. The fourth-order valence-electron chi connectivity index (χ4n) is 2.61. The van der Waals surface area contributed by atoms with E-state index in [1.807, 2.05) is 31.2 Å². The molecule has 7 nitrogen and oxygen atoms in total. The molecule has 0 atom stereocenters. The molecule has 0 aliphatic carbocycles. The molecule has 8 heteroatoms. The van der Waals surface area contributed by atoms with Gasteiger partial charge in [0.05, 0.1) is 7.11 Å². The molecule has 0 saturated heterocycles. The molecule has 2 N–H and O–H groups in total. The third kappa shape index (κ3) is 5.61. The van der Waals surface area contributed by atoms with Gasteiger partial charge in [-0.15, -0.1) is 10.2 Å². The number of amides is 2. The Kier molecular flexibility index (Phi) is 6.91. The Balaban J connectivity index is 1.60. The summed E-state index contributed by atoms with van der Waals surface area (Å²) in [4.78, 5) is 24.8. The van der Waals surface area contributed by atoms with Gasteiger partial charge in [-0.3, -0.25) is 9.59 Å². The van der Waals surface area contributed by atoms with E-state index >= 15 is 0 Å². The zero-order valence-corrected chi connectivity index (χ0v) is 17.1. The van der Waals surface area contributed by atoms with Crippen molar-refractivity contribution >= 4 is 28.8 Å². The van der Waals surface area contributed by atoms with Gasteiger partial charge in [-0.2, -0.15) is 0 Å². The standard InChI is InChI=1S/C21H22N4O3S/c1-3-5-18-24-25-21(29-18)20(27)23-16-7-4-6-15(12-16)19(26)22-13-14-8-10-17(28-2)11-9-14/h4,6-12H,3,5,13H2,1-2H3,(H,22,26)(H,23,27). The second kappa shape index (κ2) is 9.79. The number of aromatic nitrogens is 2. The normalized spacial score (nSPS) is 10.4. The average molecular weight is 410 g/mol. The van der Waals surface area contributed by atoms with Crippen LogP contribution in [-0.2, 0) is 13.0 Å². The van der Waals surface area contributed by atoms with Gasteiger partial charge in [-0.25, -0.2) is 0 Å². The summed E-state index contributed by atoms with van der Waals surface area (Å²) < 4.78 is 5.12. The monoisotopic (exact) mass is 410 g/mol. The molecule has 1 heterocycles. The van der Waals surface area contributed by atoms with Gasteiger partial charge in [0.15, 0.2) is 0 Å². The number of benzene rings is 2. The maximum absolute atomic E-state index is 12.5. The van der Waals surface area contributed by atoms with E-state index < -0.39 is 0 Å². The molecule has 0 unspecified atom stereocenters. The van der Waals surface area contributed by atoms with Crippen molar-refractivity contribution in [2.24, 2.45) is 0 Å². The van der Waals surface area contributed by atoms with Crippen molar-refractivity contribution in [1.29, 1.82) is 0 Å². The number of anilines is 1. The molecule has 0 radical (unpaired) electrons. The van der Waals surface area contributed by atoms with Gasteiger partial charge in [-0.05, 0) is 42.3 Å². The maximum atomic E-state index is 12.5. The van der Waals surface area contributed by atoms with E-state index in [9.17, 15) is 9.59 Å². The molecular formula is C21H22N4O3S. The lowest BCUT2D eigenvalue weighted by Gasteiger charge is -2.08. The average Bonchev–Trinajstić information content (AvgIpc) is 3.22. The molecule has 0 saturated carbocycles. The predicted molar refractivity (Wildman–Crippen MR) is 112 cm³/mol. The number of carbonyl (C=O) groups excluding carboxylic acids is 2. The van der Waals surface area contributed by atoms with E-state index in [-0.39, 0.29) is 11.8 Å². The number of ether oxygens (including phenoxy) is 1. The van der Waals surface area contributed by atoms with E-state index in [2.05, 4.69) is 20.8 Å². The van der Waals surface area contributed by atoms with Crippen LogP contribution in [-0.4, -0.2) is 29.1 Å². The van der Waals surface area contributed by atoms with Crippen LogP contribution in [0.4, 0.5) is 5.69 Å². The van der Waals surface area contributed by atoms with Crippen LogP contribution < -0.4 is 15.4 Å². The van der Waals surface area contributed by atoms with Crippen LogP contribution in [0, 0.1) is 0 Å². The number of carbonyl (C=O) groups is 2. The lowest BCUT2D eigenvalue weighted by molar-refractivity contribution is 0.0949. The number of nitrogens with one attached hydrogen (secondary N) is 2. The topological polar surface area (TPSA) is 93.2 Å². The molecule has 0 aliphatic heterocycles. The van der Waals surface area contributed by atoms with Gasteiger partial charge >= 0.3 is 0 Å². The molecule has 0 aliphatic rings. The summed E-state index contributed by atoms with van der Waals surface area (Å²) in [6.45, 7) is 2.44. The SMILES string of the molecule is CCCc1nnc(C(=O)Nc2cccc(C(=O)NCc3ccc(OC)cc3)c2)s1. The van der Waals surface area contributed by atoms with E-state index in [4.69, 9.17) is 4.74 Å². The Hall–Kier alpha value is -3.26. The highest BCUT2D eigenvalue weighted by molar-refractivity contribution is 7.13. The predicted octanol–water partition coefficient (Wildman–Crippen LogP) is 3.68. The van der Waals surface area contributed by atoms with E-state index in [0.717, 1.165) is 29.2 Å². The number of methoxy groups -OCH3 is 1. The molecular weight excluding hydrogens is 388 g/mol. The van der Waals surface area contributed by atoms with Crippen molar-refractivity contribution in [3.63, 3.8) is 0 Å². The van der Waals surface area contributed by atoms with Gasteiger partial charge in [0.25, 0.3) is 11.8 Å². The number of hydrogen-bond acceptors (Lipinski definition) is 6. The first-order valence-electron chi connectivity index (χ1n) is 9.24. The first-order chi connectivity index (χ1) is 14.1. The minimum atomic E-state index is -0.333. The van der Waals surface area contributed by atoms with Crippen LogP contribution in [0.5, 0.6) is 5.75 Å². The molecule has 0 bridgehead atoms. The first-order valence-corrected chi connectivity index (χ1v) is 10.1. The van der Waals surface area contributed by atoms with Crippen LogP contribution in [0.3, 0.4) is 0 Å². The van der Waals surface area contributed by atoms with Crippen LogP contribution in [0.15, 0.2) is 48.5 Å². The summed E-state index contributed by atoms with van der Waals surface area (Å²) in [7, 11) is 1.61. The lowest BCUT2D eigenvalue weighted by Crippen LogP contribution is -2.23. The number of aryl methyl sites for hydroxylation is 1. The van der Waals surface area contributed by atoms with Gasteiger partial charge in [0.1, 0.15) is 10.8 Å². The van der Waals surface area contributed by atoms with Crippen molar-refractivity contribution < 1.29 is 14.3 Å². The highest BCUT2D eigenvalue weighted by Gasteiger charge is 2.14. The molecule has 3 aromatic rings. The number of rotatable bonds is 8. The summed E-state index contributed by atoms with van der Waals surface area (Å²) in [5.41, 5.74) is 1.95. The fourth-order valence-corrected chi connectivity index (χ4v) is 3.45. The Morgan fingerprint density at radius 2 is 1.86 bits per heavy atom. The zero-order chi connectivity index (χ0) is 20.6. The Bertz CT molecular complexity index is 986. The minimum absolute atomic E-state index is 0.224. The van der Waals surface area contributed by atoms with E-state index in [1.54, 1.807) is 31.4 Å². The fraction of sp³-hybridized carbons (Fsp3) is 0.238. The van der Waals surface area contributed by atoms with Crippen molar-refractivity contribution in [1.82, 2.24) is 15.5 Å². The molecule has 0 fully saturated rings. The van der Waals surface area contributed by atoms with Gasteiger partial charge < -0.3 is 15.4 Å². The quantitative estimate of drug-likeness (QED) is 0.591. The summed E-state index contributed by atoms with van der Waals surface area (Å²) in [6.07, 6.45) is 1.75. The molecule has 2 amide bonds. The van der Waals surface area contributed by atoms with Crippen LogP contribution >= 0.6 is 11.3 Å². The highest BCUT2D eigenvalue weighted by atomic mass is 32.1. The second-order valence-electron chi connectivity index (χ2n) is 6.32. The zero-order valence-electron chi connectivity index (χ0n) is 16.3. The van der Waals surface area contributed by atoms with Crippen molar-refractivity contribution in [3.8, 4) is 5.75 Å². The lowest BCUT2D eigenvalue weighted by atomic mass is 10.1. The molecule has 29 heavy (non-hydrogen) atoms. The Morgan fingerprint density at radius 3 is 2.59 bits per heavy atom. The van der Waals surface area contributed by atoms with Crippen LogP contribution in [0.2, 0.25) is 0 Å². The maximum Gasteiger partial charge on any atom is 0.286 e. The van der Waals surface area contributed by atoms with E-state index in [1.165, 1.54) is 11.3 Å². The molecule has 150 valence electrons. The van der Waals surface area contributed by atoms with Gasteiger partial charge in [0.2, 0.25) is 5.01 Å². The summed E-state index contributed by atoms with van der Waals surface area (Å²) in [5.74, 6) is 0.208. The third-order valence-corrected chi connectivity index (χ3v) is 5.10. The third-order valence-electron chi connectivity index (χ3n) is 4.12. The number of nitrogens with zero attached hydrogens (tertiary/aromatic N) is 2. The molecule has 0 spiro atoms. The molecule has 1 aromatic heterocycles.